The van der Waals surface area contributed by atoms with E-state index in [0.717, 1.165) is 6.54 Å². The van der Waals surface area contributed by atoms with Crippen LogP contribution in [0.2, 0.25) is 0 Å². The van der Waals surface area contributed by atoms with Crippen LogP contribution in [0.5, 0.6) is 0 Å². The first-order valence-corrected chi connectivity index (χ1v) is 6.59. The number of rotatable bonds is 4. The summed E-state index contributed by atoms with van der Waals surface area (Å²) in [6.45, 7) is 12.8. The fraction of sp³-hybridized carbons (Fsp3) is 0.929. The Labute approximate surface area is 100 Å². The van der Waals surface area contributed by atoms with Crippen molar-refractivity contribution in [3.63, 3.8) is 0 Å². The topological polar surface area (TPSA) is 20.3 Å². The molecule has 1 aliphatic heterocycles. The summed E-state index contributed by atoms with van der Waals surface area (Å²) in [5, 5.41) is 0. The molecule has 1 aliphatic rings. The van der Waals surface area contributed by atoms with Gasteiger partial charge in [-0.15, -0.1) is 0 Å². The lowest BCUT2D eigenvalue weighted by Gasteiger charge is -2.28. The third-order valence-electron chi connectivity index (χ3n) is 3.65. The summed E-state index contributed by atoms with van der Waals surface area (Å²) in [6.07, 6.45) is 3.32. The molecule has 0 radical (unpaired) electrons. The Morgan fingerprint density at radius 1 is 1.38 bits per heavy atom. The molecule has 0 aliphatic carbocycles. The highest BCUT2D eigenvalue weighted by molar-refractivity contribution is 5.83. The van der Waals surface area contributed by atoms with E-state index < -0.39 is 0 Å². The van der Waals surface area contributed by atoms with Crippen LogP contribution in [0, 0.1) is 11.3 Å². The van der Waals surface area contributed by atoms with Crippen molar-refractivity contribution >= 4 is 5.78 Å². The molecule has 2 nitrogen and oxygen atoms in total. The van der Waals surface area contributed by atoms with Crippen LogP contribution in [0.4, 0.5) is 0 Å². The summed E-state index contributed by atoms with van der Waals surface area (Å²) in [4.78, 5) is 14.4. The van der Waals surface area contributed by atoms with E-state index in [0.29, 0.717) is 24.2 Å². The molecule has 1 atom stereocenters. The molecule has 1 saturated heterocycles. The zero-order chi connectivity index (χ0) is 12.3. The second-order valence-corrected chi connectivity index (χ2v) is 6.41. The molecule has 1 rings (SSSR count). The van der Waals surface area contributed by atoms with E-state index in [-0.39, 0.29) is 5.41 Å². The van der Waals surface area contributed by atoms with E-state index in [1.807, 2.05) is 20.8 Å². The van der Waals surface area contributed by atoms with Gasteiger partial charge in [-0.25, -0.2) is 0 Å². The van der Waals surface area contributed by atoms with E-state index in [2.05, 4.69) is 18.7 Å². The maximum Gasteiger partial charge on any atom is 0.139 e. The van der Waals surface area contributed by atoms with Gasteiger partial charge < -0.3 is 0 Å². The summed E-state index contributed by atoms with van der Waals surface area (Å²) >= 11 is 0. The highest BCUT2D eigenvalue weighted by Gasteiger charge is 2.28. The average Bonchev–Trinajstić information content (AvgIpc) is 2.60. The average molecular weight is 225 g/mol. The zero-order valence-electron chi connectivity index (χ0n) is 11.5. The van der Waals surface area contributed by atoms with Gasteiger partial charge in [0.15, 0.2) is 0 Å². The molecule has 0 aromatic heterocycles. The minimum Gasteiger partial charge on any atom is -0.300 e. The van der Waals surface area contributed by atoms with Gasteiger partial charge in [0.25, 0.3) is 0 Å². The molecule has 2 heteroatoms. The van der Waals surface area contributed by atoms with Gasteiger partial charge in [0, 0.05) is 24.4 Å². The van der Waals surface area contributed by atoms with Crippen LogP contribution in [0.25, 0.3) is 0 Å². The predicted molar refractivity (Wildman–Crippen MR) is 68.5 cm³/mol. The number of carbonyl (C=O) groups is 1. The number of Topliss-reactive ketones (excluding diaryl/α,β-unsaturated/α-hetero) is 1. The van der Waals surface area contributed by atoms with Gasteiger partial charge in [0.2, 0.25) is 0 Å². The van der Waals surface area contributed by atoms with Crippen LogP contribution in [0.3, 0.4) is 0 Å². The molecule has 0 saturated carbocycles. The Kier molecular flexibility index (Phi) is 4.54. The number of ketones is 1. The third-order valence-corrected chi connectivity index (χ3v) is 3.65. The second-order valence-electron chi connectivity index (χ2n) is 6.41. The largest absolute Gasteiger partial charge is 0.300 e. The maximum absolute atomic E-state index is 11.9. The van der Waals surface area contributed by atoms with E-state index >= 15 is 0 Å². The molecule has 0 aromatic carbocycles. The number of hydrogen-bond acceptors (Lipinski definition) is 2. The van der Waals surface area contributed by atoms with E-state index in [4.69, 9.17) is 0 Å². The Morgan fingerprint density at radius 2 is 2.00 bits per heavy atom. The first-order chi connectivity index (χ1) is 7.32. The number of carbonyl (C=O) groups excluding carboxylic acids is 1. The van der Waals surface area contributed by atoms with Crippen LogP contribution in [-0.2, 0) is 4.79 Å². The van der Waals surface area contributed by atoms with Gasteiger partial charge in [-0.3, -0.25) is 9.69 Å². The molecular formula is C14H27NO. The maximum atomic E-state index is 11.9. The van der Waals surface area contributed by atoms with E-state index in [1.54, 1.807) is 0 Å². The van der Waals surface area contributed by atoms with Crippen molar-refractivity contribution in [2.75, 3.05) is 13.1 Å². The quantitative estimate of drug-likeness (QED) is 0.732. The molecule has 0 amide bonds. The van der Waals surface area contributed by atoms with Gasteiger partial charge >= 0.3 is 0 Å². The minimum absolute atomic E-state index is 0.174. The number of hydrogen-bond donors (Lipinski definition) is 0. The Hall–Kier alpha value is -0.370. The van der Waals surface area contributed by atoms with Crippen molar-refractivity contribution in [3.8, 4) is 0 Å². The van der Waals surface area contributed by atoms with E-state index in [1.165, 1.54) is 19.4 Å². The van der Waals surface area contributed by atoms with Gasteiger partial charge in [-0.05, 0) is 25.3 Å². The Bertz CT molecular complexity index is 240. The summed E-state index contributed by atoms with van der Waals surface area (Å²) < 4.78 is 0. The molecule has 0 N–H and O–H groups in total. The Morgan fingerprint density at radius 3 is 2.50 bits per heavy atom. The molecule has 0 aromatic rings. The second kappa shape index (κ2) is 5.31. The molecular weight excluding hydrogens is 198 g/mol. The molecule has 1 unspecified atom stereocenters. The fourth-order valence-electron chi connectivity index (χ4n) is 2.50. The van der Waals surface area contributed by atoms with Crippen molar-refractivity contribution < 1.29 is 4.79 Å². The molecule has 0 bridgehead atoms. The molecule has 1 fully saturated rings. The van der Waals surface area contributed by atoms with E-state index in [9.17, 15) is 4.79 Å². The van der Waals surface area contributed by atoms with Crippen LogP contribution < -0.4 is 0 Å². The van der Waals surface area contributed by atoms with Crippen molar-refractivity contribution in [3.05, 3.63) is 0 Å². The Balaban J connectivity index is 2.40. The van der Waals surface area contributed by atoms with Gasteiger partial charge in [-0.2, -0.15) is 0 Å². The normalized spacial score (nSPS) is 23.0. The zero-order valence-corrected chi connectivity index (χ0v) is 11.5. The predicted octanol–water partition coefficient (Wildman–Crippen LogP) is 3.11. The van der Waals surface area contributed by atoms with Gasteiger partial charge in [0.05, 0.1) is 0 Å². The highest BCUT2D eigenvalue weighted by atomic mass is 16.1. The van der Waals surface area contributed by atoms with Gasteiger partial charge in [0.1, 0.15) is 5.78 Å². The van der Waals surface area contributed by atoms with Crippen molar-refractivity contribution in [2.45, 2.75) is 59.9 Å². The lowest BCUT2D eigenvalue weighted by Crippen LogP contribution is -2.36. The lowest BCUT2D eigenvalue weighted by atomic mass is 9.89. The minimum atomic E-state index is -0.174. The summed E-state index contributed by atoms with van der Waals surface area (Å²) in [5.74, 6) is 1.11. The van der Waals surface area contributed by atoms with Crippen molar-refractivity contribution in [1.29, 1.82) is 0 Å². The van der Waals surface area contributed by atoms with Crippen LogP contribution >= 0.6 is 0 Å². The monoisotopic (exact) mass is 225 g/mol. The van der Waals surface area contributed by atoms with Crippen molar-refractivity contribution in [2.24, 2.45) is 11.3 Å². The highest BCUT2D eigenvalue weighted by Crippen LogP contribution is 2.25. The van der Waals surface area contributed by atoms with Crippen LogP contribution in [0.15, 0.2) is 0 Å². The first-order valence-electron chi connectivity index (χ1n) is 6.59. The lowest BCUT2D eigenvalue weighted by molar-refractivity contribution is -0.126. The fourth-order valence-corrected chi connectivity index (χ4v) is 2.50. The van der Waals surface area contributed by atoms with Crippen LogP contribution in [0.1, 0.15) is 53.9 Å². The third kappa shape index (κ3) is 3.58. The molecule has 16 heavy (non-hydrogen) atoms. The standard InChI is InChI=1S/C14H27NO/c1-11(2)12-7-6-9-15(12)10-8-13(16)14(3,4)5/h11-12H,6-10H2,1-5H3. The number of likely N-dealkylation sites (tertiary alicyclic amines) is 1. The summed E-state index contributed by atoms with van der Waals surface area (Å²) in [7, 11) is 0. The first kappa shape index (κ1) is 13.7. The number of nitrogens with zero attached hydrogens (tertiary/aromatic N) is 1. The van der Waals surface area contributed by atoms with Gasteiger partial charge in [-0.1, -0.05) is 34.6 Å². The molecule has 1 heterocycles. The molecule has 0 spiro atoms. The van der Waals surface area contributed by atoms with Crippen molar-refractivity contribution in [1.82, 2.24) is 4.90 Å². The van der Waals surface area contributed by atoms with Crippen LogP contribution in [-0.4, -0.2) is 29.8 Å². The summed E-state index contributed by atoms with van der Waals surface area (Å²) in [5.41, 5.74) is -0.174. The smallest absolute Gasteiger partial charge is 0.139 e. The summed E-state index contributed by atoms with van der Waals surface area (Å²) in [6, 6.07) is 0.702. The molecule has 94 valence electrons. The SMILES string of the molecule is CC(C)C1CCCN1CCC(=O)C(C)(C)C.